The zero-order valence-electron chi connectivity index (χ0n) is 10.3. The predicted octanol–water partition coefficient (Wildman–Crippen LogP) is 0.425. The molecule has 0 N–H and O–H groups in total. The first-order chi connectivity index (χ1) is 8.66. The smallest absolute Gasteiger partial charge is 0.267 e. The summed E-state index contributed by atoms with van der Waals surface area (Å²) in [5.41, 5.74) is 0.264. The number of rotatable bonds is 3. The van der Waals surface area contributed by atoms with Gasteiger partial charge in [0.15, 0.2) is 5.78 Å². The normalized spacial score (nSPS) is 16.4. The van der Waals surface area contributed by atoms with Crippen molar-refractivity contribution in [3.63, 3.8) is 0 Å². The average molecular weight is 252 g/mol. The Balaban J connectivity index is 1.94. The largest absolute Gasteiger partial charge is 0.293 e. The van der Waals surface area contributed by atoms with Gasteiger partial charge in [-0.3, -0.25) is 14.4 Å². The zero-order valence-corrected chi connectivity index (χ0v) is 10.3. The quantitative estimate of drug-likeness (QED) is 0.729. The molecule has 18 heavy (non-hydrogen) atoms. The second-order valence-corrected chi connectivity index (χ2v) is 4.25. The lowest BCUT2D eigenvalue weighted by atomic mass is 10.2. The fraction of sp³-hybridized carbons (Fsp3) is 0.636. The number of Topliss-reactive ketones (excluding diaryl/α,β-unsaturated/α-hetero) is 1. The summed E-state index contributed by atoms with van der Waals surface area (Å²) in [7, 11) is 0. The van der Waals surface area contributed by atoms with Crippen molar-refractivity contribution in [3.05, 3.63) is 11.9 Å². The van der Waals surface area contributed by atoms with Crippen LogP contribution in [0.5, 0.6) is 0 Å². The van der Waals surface area contributed by atoms with Crippen LogP contribution in [0, 0.1) is 0 Å². The van der Waals surface area contributed by atoms with Crippen LogP contribution in [0.25, 0.3) is 0 Å². The first-order valence-electron chi connectivity index (χ1n) is 6.01. The molecule has 7 nitrogen and oxygen atoms in total. The molecule has 1 aliphatic heterocycles. The molecule has 2 rings (SSSR count). The Hall–Kier alpha value is -1.76. The van der Waals surface area contributed by atoms with Crippen molar-refractivity contribution in [1.29, 1.82) is 0 Å². The molecule has 1 aliphatic rings. The van der Waals surface area contributed by atoms with Crippen molar-refractivity contribution >= 4 is 11.7 Å². The van der Waals surface area contributed by atoms with Crippen LogP contribution in [-0.2, 0) is 16.2 Å². The van der Waals surface area contributed by atoms with E-state index in [2.05, 4.69) is 10.3 Å². The molecule has 0 radical (unpaired) electrons. The van der Waals surface area contributed by atoms with Gasteiger partial charge in [-0.1, -0.05) is 5.21 Å². The van der Waals surface area contributed by atoms with Crippen LogP contribution >= 0.6 is 0 Å². The molecule has 0 atom stereocenters. The number of ketones is 1. The molecule has 1 aromatic heterocycles. The van der Waals surface area contributed by atoms with Crippen molar-refractivity contribution in [2.24, 2.45) is 0 Å². The summed E-state index contributed by atoms with van der Waals surface area (Å²) in [6.45, 7) is 2.63. The average Bonchev–Trinajstić information content (AvgIpc) is 2.64. The fourth-order valence-electron chi connectivity index (χ4n) is 1.72. The Morgan fingerprint density at radius 2 is 2.22 bits per heavy atom. The fourth-order valence-corrected chi connectivity index (χ4v) is 1.72. The molecule has 0 saturated carbocycles. The van der Waals surface area contributed by atoms with Gasteiger partial charge in [0.1, 0.15) is 12.2 Å². The van der Waals surface area contributed by atoms with Gasteiger partial charge in [-0.05, 0) is 19.3 Å². The van der Waals surface area contributed by atoms with E-state index in [0.717, 1.165) is 19.3 Å². The molecule has 1 fully saturated rings. The summed E-state index contributed by atoms with van der Waals surface area (Å²) in [5, 5.41) is 8.80. The number of nitrogens with zero attached hydrogens (tertiary/aromatic N) is 4. The van der Waals surface area contributed by atoms with E-state index >= 15 is 0 Å². The van der Waals surface area contributed by atoms with Gasteiger partial charge in [-0.2, -0.15) is 0 Å². The summed E-state index contributed by atoms with van der Waals surface area (Å²) in [4.78, 5) is 28.3. The van der Waals surface area contributed by atoms with Gasteiger partial charge in [-0.25, -0.2) is 9.75 Å². The Morgan fingerprint density at radius 1 is 1.39 bits per heavy atom. The van der Waals surface area contributed by atoms with Crippen molar-refractivity contribution < 1.29 is 14.4 Å². The maximum atomic E-state index is 11.9. The highest BCUT2D eigenvalue weighted by molar-refractivity contribution is 5.91. The van der Waals surface area contributed by atoms with Crippen LogP contribution in [0.3, 0.4) is 0 Å². The third-order valence-corrected chi connectivity index (χ3v) is 2.73. The molecule has 0 bridgehead atoms. The van der Waals surface area contributed by atoms with E-state index in [1.165, 1.54) is 22.9 Å². The highest BCUT2D eigenvalue weighted by Gasteiger charge is 2.18. The number of amides is 1. The Bertz CT molecular complexity index is 435. The van der Waals surface area contributed by atoms with E-state index < -0.39 is 0 Å². The molecule has 7 heteroatoms. The van der Waals surface area contributed by atoms with Crippen LogP contribution in [0.1, 0.15) is 36.7 Å². The first-order valence-corrected chi connectivity index (χ1v) is 6.01. The van der Waals surface area contributed by atoms with E-state index in [-0.39, 0.29) is 23.9 Å². The third-order valence-electron chi connectivity index (χ3n) is 2.73. The summed E-state index contributed by atoms with van der Waals surface area (Å²) in [5.74, 6) is -0.336. The molecular weight excluding hydrogens is 236 g/mol. The maximum absolute atomic E-state index is 11.9. The summed E-state index contributed by atoms with van der Waals surface area (Å²) in [6.07, 6.45) is 4.46. The van der Waals surface area contributed by atoms with Crippen LogP contribution in [0.2, 0.25) is 0 Å². The monoisotopic (exact) mass is 252 g/mol. The molecule has 0 aliphatic carbocycles. The van der Waals surface area contributed by atoms with E-state index in [1.807, 2.05) is 0 Å². The van der Waals surface area contributed by atoms with Gasteiger partial charge < -0.3 is 0 Å². The third kappa shape index (κ3) is 3.13. The molecule has 98 valence electrons. The van der Waals surface area contributed by atoms with Crippen LogP contribution < -0.4 is 0 Å². The molecular formula is C11H16N4O3. The zero-order chi connectivity index (χ0) is 13.0. The van der Waals surface area contributed by atoms with Gasteiger partial charge in [-0.15, -0.1) is 5.10 Å². The van der Waals surface area contributed by atoms with Crippen LogP contribution in [0.4, 0.5) is 0 Å². The van der Waals surface area contributed by atoms with Gasteiger partial charge >= 0.3 is 0 Å². The van der Waals surface area contributed by atoms with Crippen molar-refractivity contribution in [3.8, 4) is 0 Å². The Morgan fingerprint density at radius 3 is 2.94 bits per heavy atom. The van der Waals surface area contributed by atoms with Gasteiger partial charge in [0.05, 0.1) is 12.8 Å². The SMILES string of the molecule is CC(=O)c1cn(CC(=O)N2CCCCCO2)nn1. The van der Waals surface area contributed by atoms with Crippen LogP contribution in [0.15, 0.2) is 6.20 Å². The lowest BCUT2D eigenvalue weighted by Gasteiger charge is -2.18. The number of hydroxylamine groups is 2. The van der Waals surface area contributed by atoms with Gasteiger partial charge in [0, 0.05) is 13.5 Å². The minimum atomic E-state index is -0.170. The number of hydrogen-bond donors (Lipinski definition) is 0. The summed E-state index contributed by atoms with van der Waals surface area (Å²) in [6, 6.07) is 0. The highest BCUT2D eigenvalue weighted by Crippen LogP contribution is 2.08. The number of carbonyl (C=O) groups is 2. The molecule has 1 amide bonds. The van der Waals surface area contributed by atoms with Crippen molar-refractivity contribution in [2.75, 3.05) is 13.2 Å². The van der Waals surface area contributed by atoms with Gasteiger partial charge in [0.25, 0.3) is 5.91 Å². The Kier molecular flexibility index (Phi) is 4.03. The number of carbonyl (C=O) groups excluding carboxylic acids is 2. The highest BCUT2D eigenvalue weighted by atomic mass is 16.7. The van der Waals surface area contributed by atoms with E-state index in [0.29, 0.717) is 13.2 Å². The molecule has 1 aromatic rings. The number of aromatic nitrogens is 3. The molecule has 0 unspecified atom stereocenters. The maximum Gasteiger partial charge on any atom is 0.267 e. The van der Waals surface area contributed by atoms with Gasteiger partial charge in [0.2, 0.25) is 0 Å². The Labute approximate surface area is 105 Å². The van der Waals surface area contributed by atoms with Crippen molar-refractivity contribution in [1.82, 2.24) is 20.1 Å². The van der Waals surface area contributed by atoms with E-state index in [9.17, 15) is 9.59 Å². The molecule has 1 saturated heterocycles. The summed E-state index contributed by atoms with van der Waals surface area (Å²) >= 11 is 0. The topological polar surface area (TPSA) is 77.3 Å². The van der Waals surface area contributed by atoms with E-state index in [1.54, 1.807) is 0 Å². The molecule has 0 aromatic carbocycles. The standard InChI is InChI=1S/C11H16N4O3/c1-9(16)10-7-14(13-12-10)8-11(17)15-5-3-2-4-6-18-15/h7H,2-6,8H2,1H3. The predicted molar refractivity (Wildman–Crippen MR) is 61.5 cm³/mol. The lowest BCUT2D eigenvalue weighted by Crippen LogP contribution is -2.34. The van der Waals surface area contributed by atoms with E-state index in [4.69, 9.17) is 4.84 Å². The second kappa shape index (κ2) is 5.72. The molecule has 0 spiro atoms. The van der Waals surface area contributed by atoms with Crippen LogP contribution in [-0.4, -0.2) is 44.9 Å². The first kappa shape index (κ1) is 12.7. The summed E-state index contributed by atoms with van der Waals surface area (Å²) < 4.78 is 1.35. The lowest BCUT2D eigenvalue weighted by molar-refractivity contribution is -0.184. The second-order valence-electron chi connectivity index (χ2n) is 4.25. The minimum Gasteiger partial charge on any atom is -0.293 e. The minimum absolute atomic E-state index is 0.0419. The number of hydrogen-bond acceptors (Lipinski definition) is 5. The van der Waals surface area contributed by atoms with Crippen molar-refractivity contribution in [2.45, 2.75) is 32.7 Å². The molecule has 2 heterocycles.